The number of ether oxygens (including phenoxy) is 1. The van der Waals surface area contributed by atoms with Crippen molar-refractivity contribution in [2.75, 3.05) is 29.9 Å². The molecule has 130 valence electrons. The smallest absolute Gasteiger partial charge is 0.322 e. The zero-order chi connectivity index (χ0) is 17.3. The first-order valence-corrected chi connectivity index (χ1v) is 8.63. The van der Waals surface area contributed by atoms with Crippen LogP contribution in [0.15, 0.2) is 18.2 Å². The Bertz CT molecular complexity index is 642. The molecular weight excluding hydrogens is 330 g/mol. The van der Waals surface area contributed by atoms with Gasteiger partial charge in [-0.2, -0.15) is 0 Å². The number of hydrogen-bond donors (Lipinski definition) is 1. The number of carbonyl (C=O) groups is 2. The van der Waals surface area contributed by atoms with E-state index in [1.807, 2.05) is 13.8 Å². The standard InChI is InChI=1S/C17H22ClN3O3/c1-11-9-20(10-12(2)24-11)17(23)19-15-8-13(5-6-14(15)18)21-7-3-4-16(21)22/h5-6,8,11-12H,3-4,7,9-10H2,1-2H3,(H,19,23). The van der Waals surface area contributed by atoms with Gasteiger partial charge in [0.15, 0.2) is 0 Å². The van der Waals surface area contributed by atoms with Gasteiger partial charge in [-0.15, -0.1) is 0 Å². The van der Waals surface area contributed by atoms with E-state index in [-0.39, 0.29) is 24.1 Å². The van der Waals surface area contributed by atoms with Gasteiger partial charge in [0, 0.05) is 31.7 Å². The fraction of sp³-hybridized carbons (Fsp3) is 0.529. The number of rotatable bonds is 2. The monoisotopic (exact) mass is 351 g/mol. The van der Waals surface area contributed by atoms with Crippen molar-refractivity contribution in [1.82, 2.24) is 4.90 Å². The van der Waals surface area contributed by atoms with Crippen LogP contribution in [0.25, 0.3) is 0 Å². The fourth-order valence-corrected chi connectivity index (χ4v) is 3.40. The predicted octanol–water partition coefficient (Wildman–Crippen LogP) is 3.11. The van der Waals surface area contributed by atoms with E-state index in [4.69, 9.17) is 16.3 Å². The fourth-order valence-electron chi connectivity index (χ4n) is 3.24. The van der Waals surface area contributed by atoms with Crippen LogP contribution in [0.3, 0.4) is 0 Å². The molecule has 2 atom stereocenters. The molecule has 0 radical (unpaired) electrons. The SMILES string of the molecule is CC1CN(C(=O)Nc2cc(N3CCCC3=O)ccc2Cl)CC(C)O1. The first-order valence-electron chi connectivity index (χ1n) is 8.25. The second-order valence-corrected chi connectivity index (χ2v) is 6.81. The maximum absolute atomic E-state index is 12.5. The second-order valence-electron chi connectivity index (χ2n) is 6.41. The van der Waals surface area contributed by atoms with E-state index in [0.717, 1.165) is 12.1 Å². The van der Waals surface area contributed by atoms with Crippen molar-refractivity contribution in [3.63, 3.8) is 0 Å². The molecule has 1 aromatic carbocycles. The minimum Gasteiger partial charge on any atom is -0.372 e. The van der Waals surface area contributed by atoms with Gasteiger partial charge in [0.1, 0.15) is 0 Å². The highest BCUT2D eigenvalue weighted by Gasteiger charge is 2.27. The van der Waals surface area contributed by atoms with E-state index in [2.05, 4.69) is 5.32 Å². The van der Waals surface area contributed by atoms with Crippen LogP contribution in [0.4, 0.5) is 16.2 Å². The summed E-state index contributed by atoms with van der Waals surface area (Å²) in [7, 11) is 0. The Kier molecular flexibility index (Phi) is 4.96. The van der Waals surface area contributed by atoms with E-state index in [1.165, 1.54) is 0 Å². The van der Waals surface area contributed by atoms with E-state index >= 15 is 0 Å². The van der Waals surface area contributed by atoms with Crippen LogP contribution in [0.2, 0.25) is 5.02 Å². The first kappa shape index (κ1) is 17.0. The van der Waals surface area contributed by atoms with Gasteiger partial charge in [0.25, 0.3) is 0 Å². The molecule has 3 rings (SSSR count). The second kappa shape index (κ2) is 6.99. The van der Waals surface area contributed by atoms with E-state index in [0.29, 0.717) is 36.8 Å². The summed E-state index contributed by atoms with van der Waals surface area (Å²) in [4.78, 5) is 27.9. The quantitative estimate of drug-likeness (QED) is 0.890. The molecule has 7 heteroatoms. The summed E-state index contributed by atoms with van der Waals surface area (Å²) in [6.45, 7) is 5.67. The normalized spacial score (nSPS) is 24.4. The average Bonchev–Trinajstić information content (AvgIpc) is 2.94. The number of halogens is 1. The Morgan fingerprint density at radius 3 is 2.62 bits per heavy atom. The Morgan fingerprint density at radius 2 is 2.00 bits per heavy atom. The Morgan fingerprint density at radius 1 is 1.29 bits per heavy atom. The number of hydrogen-bond acceptors (Lipinski definition) is 3. The number of urea groups is 1. The zero-order valence-electron chi connectivity index (χ0n) is 13.9. The number of morpholine rings is 1. The lowest BCUT2D eigenvalue weighted by molar-refractivity contribution is -0.117. The average molecular weight is 352 g/mol. The summed E-state index contributed by atoms with van der Waals surface area (Å²) in [6, 6.07) is 5.07. The van der Waals surface area contributed by atoms with Crippen molar-refractivity contribution in [3.05, 3.63) is 23.2 Å². The van der Waals surface area contributed by atoms with Gasteiger partial charge in [0.05, 0.1) is 22.9 Å². The van der Waals surface area contributed by atoms with Crippen molar-refractivity contribution < 1.29 is 14.3 Å². The van der Waals surface area contributed by atoms with Gasteiger partial charge >= 0.3 is 6.03 Å². The van der Waals surface area contributed by atoms with Crippen LogP contribution in [0.1, 0.15) is 26.7 Å². The molecule has 6 nitrogen and oxygen atoms in total. The van der Waals surface area contributed by atoms with Gasteiger partial charge in [-0.25, -0.2) is 4.79 Å². The minimum absolute atomic E-state index is 0.00327. The van der Waals surface area contributed by atoms with Gasteiger partial charge in [-0.3, -0.25) is 4.79 Å². The first-order chi connectivity index (χ1) is 11.4. The summed E-state index contributed by atoms with van der Waals surface area (Å²) >= 11 is 6.22. The molecule has 2 heterocycles. The summed E-state index contributed by atoms with van der Waals surface area (Å²) in [5.41, 5.74) is 1.28. The zero-order valence-corrected chi connectivity index (χ0v) is 14.7. The van der Waals surface area contributed by atoms with Crippen molar-refractivity contribution in [3.8, 4) is 0 Å². The molecule has 2 fully saturated rings. The number of amides is 3. The third-order valence-electron chi connectivity index (χ3n) is 4.28. The maximum atomic E-state index is 12.5. The van der Waals surface area contributed by atoms with E-state index < -0.39 is 0 Å². The van der Waals surface area contributed by atoms with Crippen molar-refractivity contribution >= 4 is 34.9 Å². The summed E-state index contributed by atoms with van der Waals surface area (Å²) in [5.74, 6) is 0.102. The number of carbonyl (C=O) groups excluding carboxylic acids is 2. The van der Waals surface area contributed by atoms with Crippen LogP contribution >= 0.6 is 11.6 Å². The lowest BCUT2D eigenvalue weighted by Crippen LogP contribution is -2.49. The van der Waals surface area contributed by atoms with Crippen LogP contribution in [-0.2, 0) is 9.53 Å². The molecule has 2 saturated heterocycles. The molecule has 1 aromatic rings. The maximum Gasteiger partial charge on any atom is 0.322 e. The Balaban J connectivity index is 1.74. The lowest BCUT2D eigenvalue weighted by Gasteiger charge is -2.35. The highest BCUT2D eigenvalue weighted by atomic mass is 35.5. The van der Waals surface area contributed by atoms with Crippen molar-refractivity contribution in [2.45, 2.75) is 38.9 Å². The summed E-state index contributed by atoms with van der Waals surface area (Å²) < 4.78 is 5.65. The van der Waals surface area contributed by atoms with E-state index in [9.17, 15) is 9.59 Å². The molecule has 2 aliphatic heterocycles. The Hall–Kier alpha value is -1.79. The third kappa shape index (κ3) is 3.65. The van der Waals surface area contributed by atoms with Crippen molar-refractivity contribution in [2.24, 2.45) is 0 Å². The largest absolute Gasteiger partial charge is 0.372 e. The minimum atomic E-state index is -0.205. The summed E-state index contributed by atoms with van der Waals surface area (Å²) in [6.07, 6.45) is 1.42. The van der Waals surface area contributed by atoms with Crippen molar-refractivity contribution in [1.29, 1.82) is 0 Å². The van der Waals surface area contributed by atoms with Gasteiger partial charge in [-0.1, -0.05) is 11.6 Å². The van der Waals surface area contributed by atoms with Crippen LogP contribution in [0, 0.1) is 0 Å². The summed E-state index contributed by atoms with van der Waals surface area (Å²) in [5, 5.41) is 3.31. The topological polar surface area (TPSA) is 61.9 Å². The molecule has 0 bridgehead atoms. The molecular formula is C17H22ClN3O3. The molecule has 0 aromatic heterocycles. The molecule has 3 amide bonds. The van der Waals surface area contributed by atoms with Gasteiger partial charge in [0.2, 0.25) is 5.91 Å². The highest BCUT2D eigenvalue weighted by molar-refractivity contribution is 6.33. The molecule has 0 aliphatic carbocycles. The van der Waals surface area contributed by atoms with Gasteiger partial charge < -0.3 is 19.9 Å². The van der Waals surface area contributed by atoms with Crippen LogP contribution in [-0.4, -0.2) is 48.7 Å². The molecule has 0 spiro atoms. The van der Waals surface area contributed by atoms with E-state index in [1.54, 1.807) is 28.0 Å². The number of benzene rings is 1. The number of nitrogens with zero attached hydrogens (tertiary/aromatic N) is 2. The number of anilines is 2. The Labute approximate surface area is 146 Å². The molecule has 0 saturated carbocycles. The van der Waals surface area contributed by atoms with Crippen LogP contribution < -0.4 is 10.2 Å². The number of nitrogens with one attached hydrogen (secondary N) is 1. The highest BCUT2D eigenvalue weighted by Crippen LogP contribution is 2.30. The lowest BCUT2D eigenvalue weighted by atomic mass is 10.2. The van der Waals surface area contributed by atoms with Crippen LogP contribution in [0.5, 0.6) is 0 Å². The molecule has 2 unspecified atom stereocenters. The molecule has 24 heavy (non-hydrogen) atoms. The molecule has 2 aliphatic rings. The molecule has 1 N–H and O–H groups in total. The predicted molar refractivity (Wildman–Crippen MR) is 93.6 cm³/mol. The van der Waals surface area contributed by atoms with Gasteiger partial charge in [-0.05, 0) is 38.5 Å². The third-order valence-corrected chi connectivity index (χ3v) is 4.61.